The Bertz CT molecular complexity index is 428. The van der Waals surface area contributed by atoms with Crippen molar-refractivity contribution in [1.29, 1.82) is 0 Å². The normalized spacial score (nSPS) is 10.5. The summed E-state index contributed by atoms with van der Waals surface area (Å²) >= 11 is 0. The molecule has 4 heteroatoms. The molecule has 0 aliphatic carbocycles. The molecule has 0 radical (unpaired) electrons. The summed E-state index contributed by atoms with van der Waals surface area (Å²) in [5, 5.41) is 2.81. The van der Waals surface area contributed by atoms with Crippen molar-refractivity contribution in [1.82, 2.24) is 5.32 Å². The Labute approximate surface area is 109 Å². The number of nitrogen functional groups attached to an aromatic ring is 1. The van der Waals surface area contributed by atoms with E-state index >= 15 is 0 Å². The Morgan fingerprint density at radius 3 is 2.61 bits per heavy atom. The van der Waals surface area contributed by atoms with Crippen molar-refractivity contribution < 1.29 is 9.53 Å². The molecule has 1 aromatic carbocycles. The Morgan fingerprint density at radius 2 is 2.00 bits per heavy atom. The lowest BCUT2D eigenvalue weighted by Gasteiger charge is -2.12. The van der Waals surface area contributed by atoms with Gasteiger partial charge >= 0.3 is 0 Å². The summed E-state index contributed by atoms with van der Waals surface area (Å²) in [6, 6.07) is 3.72. The van der Waals surface area contributed by atoms with Gasteiger partial charge in [0.1, 0.15) is 5.75 Å². The van der Waals surface area contributed by atoms with Crippen LogP contribution in [-0.4, -0.2) is 19.1 Å². The zero-order valence-electron chi connectivity index (χ0n) is 11.5. The Kier molecular flexibility index (Phi) is 5.01. The van der Waals surface area contributed by atoms with E-state index in [2.05, 4.69) is 19.2 Å². The van der Waals surface area contributed by atoms with Crippen LogP contribution in [0.5, 0.6) is 5.75 Å². The molecule has 1 amide bonds. The lowest BCUT2D eigenvalue weighted by atomic mass is 10.1. The van der Waals surface area contributed by atoms with Crippen molar-refractivity contribution in [2.45, 2.75) is 27.7 Å². The van der Waals surface area contributed by atoms with Crippen LogP contribution in [0.4, 0.5) is 5.69 Å². The number of aryl methyl sites for hydroxylation is 2. The third-order valence-electron chi connectivity index (χ3n) is 2.63. The minimum atomic E-state index is -0.0995. The van der Waals surface area contributed by atoms with Crippen LogP contribution in [0.3, 0.4) is 0 Å². The molecule has 0 fully saturated rings. The predicted molar refractivity (Wildman–Crippen MR) is 73.7 cm³/mol. The minimum Gasteiger partial charge on any atom is -0.483 e. The second-order valence-corrected chi connectivity index (χ2v) is 4.96. The van der Waals surface area contributed by atoms with Crippen molar-refractivity contribution >= 4 is 11.6 Å². The number of carbonyl (C=O) groups excluding carboxylic acids is 1. The highest BCUT2D eigenvalue weighted by Gasteiger charge is 2.07. The van der Waals surface area contributed by atoms with Crippen molar-refractivity contribution in [3.05, 3.63) is 23.3 Å². The smallest absolute Gasteiger partial charge is 0.257 e. The van der Waals surface area contributed by atoms with Crippen LogP contribution in [0.1, 0.15) is 25.0 Å². The van der Waals surface area contributed by atoms with E-state index in [1.165, 1.54) is 0 Å². The van der Waals surface area contributed by atoms with E-state index < -0.39 is 0 Å². The first-order valence-corrected chi connectivity index (χ1v) is 6.16. The zero-order chi connectivity index (χ0) is 13.7. The lowest BCUT2D eigenvalue weighted by Crippen LogP contribution is -2.31. The second kappa shape index (κ2) is 6.28. The number of hydrogen-bond acceptors (Lipinski definition) is 3. The summed E-state index contributed by atoms with van der Waals surface area (Å²) in [7, 11) is 0. The first-order chi connectivity index (χ1) is 8.40. The average Bonchev–Trinajstić information content (AvgIpc) is 2.29. The summed E-state index contributed by atoms with van der Waals surface area (Å²) in [6.07, 6.45) is 0. The standard InChI is InChI=1S/C14H22N2O2/c1-9(2)7-16-14(17)8-18-13-6-10(3)12(15)5-11(13)4/h5-6,9H,7-8,15H2,1-4H3,(H,16,17). The maximum atomic E-state index is 11.5. The van der Waals surface area contributed by atoms with Gasteiger partial charge in [0.2, 0.25) is 0 Å². The van der Waals surface area contributed by atoms with Gasteiger partial charge in [-0.05, 0) is 43.0 Å². The number of nitrogens with two attached hydrogens (primary N) is 1. The molecule has 3 N–H and O–H groups in total. The van der Waals surface area contributed by atoms with E-state index in [-0.39, 0.29) is 12.5 Å². The topological polar surface area (TPSA) is 64.3 Å². The number of ether oxygens (including phenoxy) is 1. The highest BCUT2D eigenvalue weighted by molar-refractivity contribution is 5.77. The number of anilines is 1. The van der Waals surface area contributed by atoms with E-state index in [9.17, 15) is 4.79 Å². The van der Waals surface area contributed by atoms with Gasteiger partial charge in [-0.3, -0.25) is 4.79 Å². The molecule has 0 heterocycles. The minimum absolute atomic E-state index is 0.0386. The number of rotatable bonds is 5. The van der Waals surface area contributed by atoms with Gasteiger partial charge in [-0.1, -0.05) is 13.8 Å². The maximum absolute atomic E-state index is 11.5. The van der Waals surface area contributed by atoms with Gasteiger partial charge in [0, 0.05) is 12.2 Å². The summed E-state index contributed by atoms with van der Waals surface area (Å²) in [5.41, 5.74) is 8.43. The molecule has 0 saturated heterocycles. The average molecular weight is 250 g/mol. The number of amides is 1. The number of benzene rings is 1. The Balaban J connectivity index is 2.53. The molecule has 4 nitrogen and oxygen atoms in total. The molecular weight excluding hydrogens is 228 g/mol. The highest BCUT2D eigenvalue weighted by atomic mass is 16.5. The maximum Gasteiger partial charge on any atom is 0.257 e. The van der Waals surface area contributed by atoms with Crippen molar-refractivity contribution in [2.24, 2.45) is 5.92 Å². The molecule has 18 heavy (non-hydrogen) atoms. The molecule has 1 rings (SSSR count). The van der Waals surface area contributed by atoms with Crippen LogP contribution in [-0.2, 0) is 4.79 Å². The van der Waals surface area contributed by atoms with E-state index in [1.54, 1.807) is 0 Å². The molecule has 0 aromatic heterocycles. The Hall–Kier alpha value is -1.71. The molecule has 0 aliphatic heterocycles. The fraction of sp³-hybridized carbons (Fsp3) is 0.500. The molecule has 0 saturated carbocycles. The van der Waals surface area contributed by atoms with Gasteiger partial charge in [0.05, 0.1) is 0 Å². The van der Waals surface area contributed by atoms with Crippen LogP contribution in [0.15, 0.2) is 12.1 Å². The number of hydrogen-bond donors (Lipinski definition) is 2. The first-order valence-electron chi connectivity index (χ1n) is 6.16. The molecule has 0 unspecified atom stereocenters. The highest BCUT2D eigenvalue weighted by Crippen LogP contribution is 2.23. The third kappa shape index (κ3) is 4.28. The molecule has 0 spiro atoms. The van der Waals surface area contributed by atoms with E-state index in [1.807, 2.05) is 26.0 Å². The van der Waals surface area contributed by atoms with E-state index in [0.29, 0.717) is 18.2 Å². The monoisotopic (exact) mass is 250 g/mol. The predicted octanol–water partition coefficient (Wildman–Crippen LogP) is 2.04. The van der Waals surface area contributed by atoms with Gasteiger partial charge < -0.3 is 15.8 Å². The zero-order valence-corrected chi connectivity index (χ0v) is 11.5. The van der Waals surface area contributed by atoms with Crippen LogP contribution >= 0.6 is 0 Å². The number of nitrogens with one attached hydrogen (secondary N) is 1. The van der Waals surface area contributed by atoms with Crippen molar-refractivity contribution in [3.8, 4) is 5.75 Å². The van der Waals surface area contributed by atoms with Crippen LogP contribution < -0.4 is 15.8 Å². The number of carbonyl (C=O) groups is 1. The van der Waals surface area contributed by atoms with Gasteiger partial charge in [0.15, 0.2) is 6.61 Å². The van der Waals surface area contributed by atoms with Gasteiger partial charge in [0.25, 0.3) is 5.91 Å². The second-order valence-electron chi connectivity index (χ2n) is 4.96. The summed E-state index contributed by atoms with van der Waals surface area (Å²) in [4.78, 5) is 11.5. The van der Waals surface area contributed by atoms with Crippen LogP contribution in [0, 0.1) is 19.8 Å². The molecule has 0 aliphatic rings. The van der Waals surface area contributed by atoms with Crippen LogP contribution in [0.2, 0.25) is 0 Å². The molecule has 1 aromatic rings. The fourth-order valence-corrected chi connectivity index (χ4v) is 1.48. The molecule has 0 bridgehead atoms. The SMILES string of the molecule is Cc1cc(OCC(=O)NCC(C)C)c(C)cc1N. The molecular formula is C14H22N2O2. The third-order valence-corrected chi connectivity index (χ3v) is 2.63. The van der Waals surface area contributed by atoms with E-state index in [4.69, 9.17) is 10.5 Å². The fourth-order valence-electron chi connectivity index (χ4n) is 1.48. The largest absolute Gasteiger partial charge is 0.483 e. The first kappa shape index (κ1) is 14.4. The van der Waals surface area contributed by atoms with Crippen LogP contribution in [0.25, 0.3) is 0 Å². The van der Waals surface area contributed by atoms with Crippen molar-refractivity contribution in [3.63, 3.8) is 0 Å². The summed E-state index contributed by atoms with van der Waals surface area (Å²) < 4.78 is 5.50. The lowest BCUT2D eigenvalue weighted by molar-refractivity contribution is -0.123. The quantitative estimate of drug-likeness (QED) is 0.786. The van der Waals surface area contributed by atoms with Crippen molar-refractivity contribution in [2.75, 3.05) is 18.9 Å². The summed E-state index contributed by atoms with van der Waals surface area (Å²) in [5.74, 6) is 1.05. The molecule has 0 atom stereocenters. The Morgan fingerprint density at radius 1 is 1.33 bits per heavy atom. The van der Waals surface area contributed by atoms with Gasteiger partial charge in [-0.2, -0.15) is 0 Å². The van der Waals surface area contributed by atoms with Gasteiger partial charge in [-0.15, -0.1) is 0 Å². The molecule has 100 valence electrons. The van der Waals surface area contributed by atoms with E-state index in [0.717, 1.165) is 16.8 Å². The van der Waals surface area contributed by atoms with Gasteiger partial charge in [-0.25, -0.2) is 0 Å². The summed E-state index contributed by atoms with van der Waals surface area (Å²) in [6.45, 7) is 8.64.